The highest BCUT2D eigenvalue weighted by Gasteiger charge is 2.11. The lowest BCUT2D eigenvalue weighted by Gasteiger charge is -2.29. The lowest BCUT2D eigenvalue weighted by atomic mass is 10.1. The zero-order valence-corrected chi connectivity index (χ0v) is 7.79. The molecule has 1 aromatic carbocycles. The first-order valence-corrected chi connectivity index (χ1v) is 4.88. The summed E-state index contributed by atoms with van der Waals surface area (Å²) >= 11 is 0. The summed E-state index contributed by atoms with van der Waals surface area (Å²) in [5.41, 5.74) is 7.72. The summed E-state index contributed by atoms with van der Waals surface area (Å²) < 4.78 is 7.45. The van der Waals surface area contributed by atoms with Crippen molar-refractivity contribution < 1.29 is 1.37 Å². The van der Waals surface area contributed by atoms with Gasteiger partial charge in [-0.2, -0.15) is 0 Å². The Bertz CT molecular complexity index is 319. The van der Waals surface area contributed by atoms with E-state index in [-0.39, 0.29) is 0 Å². The number of hydrogen-bond acceptors (Lipinski definition) is 2. The lowest BCUT2D eigenvalue weighted by molar-refractivity contribution is 0.578. The molecule has 1 aliphatic rings. The zero-order chi connectivity index (χ0) is 9.97. The number of nitrogens with two attached hydrogens (primary N) is 1. The second kappa shape index (κ2) is 3.69. The third-order valence-electron chi connectivity index (χ3n) is 2.57. The summed E-state index contributed by atoms with van der Waals surface area (Å²) in [4.78, 5) is 2.32. The van der Waals surface area contributed by atoms with E-state index in [9.17, 15) is 0 Å². The van der Waals surface area contributed by atoms with Gasteiger partial charge in [0.2, 0.25) is 0 Å². The molecule has 13 heavy (non-hydrogen) atoms. The minimum absolute atomic E-state index is 0.489. The van der Waals surface area contributed by atoms with Crippen LogP contribution in [-0.2, 0) is 0 Å². The monoisotopic (exact) mass is 177 g/mol. The van der Waals surface area contributed by atoms with E-state index in [1.165, 1.54) is 19.3 Å². The average Bonchev–Trinajstić information content (AvgIpc) is 2.19. The van der Waals surface area contributed by atoms with E-state index < -0.39 is 0 Å². The smallest absolute Gasteiger partial charge is 0.0623 e. The van der Waals surface area contributed by atoms with Gasteiger partial charge in [0.15, 0.2) is 0 Å². The molecule has 70 valence electrons. The van der Waals surface area contributed by atoms with Crippen LogP contribution in [0.3, 0.4) is 0 Å². The third-order valence-corrected chi connectivity index (χ3v) is 2.57. The topological polar surface area (TPSA) is 29.3 Å². The summed E-state index contributed by atoms with van der Waals surface area (Å²) in [5.74, 6) is 0. The molecule has 0 bridgehead atoms. The minimum atomic E-state index is 0.489. The Hall–Kier alpha value is -1.18. The highest BCUT2D eigenvalue weighted by atomic mass is 15.1. The molecule has 0 aliphatic carbocycles. The maximum absolute atomic E-state index is 7.45. The zero-order valence-electron chi connectivity index (χ0n) is 8.79. The Balaban J connectivity index is 2.22. The number of rotatable bonds is 1. The molecule has 0 unspecified atom stereocenters. The first-order valence-electron chi connectivity index (χ1n) is 5.38. The Morgan fingerprint density at radius 1 is 1.23 bits per heavy atom. The van der Waals surface area contributed by atoms with E-state index in [0.29, 0.717) is 6.04 Å². The van der Waals surface area contributed by atoms with Crippen LogP contribution in [0.15, 0.2) is 24.2 Å². The number of anilines is 2. The maximum Gasteiger partial charge on any atom is 0.0623 e. The van der Waals surface area contributed by atoms with Gasteiger partial charge < -0.3 is 10.6 Å². The van der Waals surface area contributed by atoms with Crippen molar-refractivity contribution in [3.63, 3.8) is 0 Å². The Labute approximate surface area is 80.8 Å². The van der Waals surface area contributed by atoms with E-state index in [1.54, 1.807) is 12.1 Å². The average molecular weight is 177 g/mol. The molecule has 0 saturated carbocycles. The number of nitrogen functional groups attached to an aromatic ring is 1. The Kier molecular flexibility index (Phi) is 2.06. The molecule has 0 aromatic heterocycles. The molecule has 1 aromatic rings. The molecule has 2 N–H and O–H groups in total. The van der Waals surface area contributed by atoms with Crippen molar-refractivity contribution in [3.05, 3.63) is 24.2 Å². The number of para-hydroxylation sites is 2. The molecule has 0 atom stereocenters. The second-order valence-electron chi connectivity index (χ2n) is 3.53. The summed E-state index contributed by atoms with van der Waals surface area (Å²) in [6, 6.07) is 5.98. The van der Waals surface area contributed by atoms with Crippen molar-refractivity contribution in [1.82, 2.24) is 0 Å². The van der Waals surface area contributed by atoms with Gasteiger partial charge in [-0.15, -0.1) is 0 Å². The van der Waals surface area contributed by atoms with Crippen molar-refractivity contribution in [1.29, 1.82) is 0 Å². The molecule has 1 fully saturated rings. The predicted molar refractivity (Wildman–Crippen MR) is 56.9 cm³/mol. The van der Waals surface area contributed by atoms with Crippen LogP contribution in [0.25, 0.3) is 0 Å². The Morgan fingerprint density at radius 2 is 2.00 bits per heavy atom. The summed E-state index contributed by atoms with van der Waals surface area (Å²) in [6.07, 6.45) is 3.83. The van der Waals surface area contributed by atoms with E-state index in [4.69, 9.17) is 7.10 Å². The quantitative estimate of drug-likeness (QED) is 0.667. The molecule has 2 rings (SSSR count). The van der Waals surface area contributed by atoms with E-state index >= 15 is 0 Å². The Morgan fingerprint density at radius 3 is 2.69 bits per heavy atom. The fraction of sp³-hybridized carbons (Fsp3) is 0.455. The number of nitrogens with zero attached hydrogens (tertiary/aromatic N) is 1. The van der Waals surface area contributed by atoms with Crippen LogP contribution in [0.2, 0.25) is 0 Å². The van der Waals surface area contributed by atoms with Gasteiger partial charge in [-0.3, -0.25) is 0 Å². The van der Waals surface area contributed by atoms with Crippen molar-refractivity contribution in [2.75, 3.05) is 23.7 Å². The maximum atomic E-state index is 7.45. The SMILES string of the molecule is [2H]c1ccc(N2CCCCC2)c(N)c1. The van der Waals surface area contributed by atoms with Gasteiger partial charge in [0, 0.05) is 13.1 Å². The number of hydrogen-bond donors (Lipinski definition) is 1. The van der Waals surface area contributed by atoms with Crippen LogP contribution in [0.1, 0.15) is 20.6 Å². The van der Waals surface area contributed by atoms with E-state index in [0.717, 1.165) is 24.5 Å². The molecule has 1 heterocycles. The van der Waals surface area contributed by atoms with Crippen molar-refractivity contribution in [2.45, 2.75) is 19.3 Å². The van der Waals surface area contributed by atoms with Crippen molar-refractivity contribution in [3.8, 4) is 0 Å². The van der Waals surface area contributed by atoms with Gasteiger partial charge in [0.05, 0.1) is 12.7 Å². The van der Waals surface area contributed by atoms with Crippen LogP contribution in [0.4, 0.5) is 11.4 Å². The van der Waals surface area contributed by atoms with Crippen LogP contribution >= 0.6 is 0 Å². The summed E-state index contributed by atoms with van der Waals surface area (Å²) in [7, 11) is 0. The standard InChI is InChI=1S/C11H16N2/c12-10-6-2-3-7-11(10)13-8-4-1-5-9-13/h2-3,6-7H,1,4-5,8-9,12H2/i2D. The molecule has 1 saturated heterocycles. The van der Waals surface area contributed by atoms with Gasteiger partial charge in [-0.25, -0.2) is 0 Å². The molecule has 0 spiro atoms. The molecule has 2 heteroatoms. The third kappa shape index (κ3) is 1.77. The predicted octanol–water partition coefficient (Wildman–Crippen LogP) is 2.26. The summed E-state index contributed by atoms with van der Waals surface area (Å²) in [6.45, 7) is 2.20. The molecule has 1 aliphatic heterocycles. The largest absolute Gasteiger partial charge is 0.397 e. The molecular weight excluding hydrogens is 160 g/mol. The lowest BCUT2D eigenvalue weighted by Crippen LogP contribution is -2.29. The van der Waals surface area contributed by atoms with Gasteiger partial charge in [0.1, 0.15) is 0 Å². The van der Waals surface area contributed by atoms with Crippen LogP contribution in [-0.4, -0.2) is 13.1 Å². The van der Waals surface area contributed by atoms with Crippen LogP contribution < -0.4 is 10.6 Å². The highest BCUT2D eigenvalue weighted by Crippen LogP contribution is 2.25. The second-order valence-corrected chi connectivity index (χ2v) is 3.53. The van der Waals surface area contributed by atoms with Crippen LogP contribution in [0, 0.1) is 0 Å². The highest BCUT2D eigenvalue weighted by molar-refractivity contribution is 5.67. The van der Waals surface area contributed by atoms with Gasteiger partial charge in [-0.1, -0.05) is 12.1 Å². The number of piperidine rings is 1. The normalized spacial score (nSPS) is 18.5. The van der Waals surface area contributed by atoms with Gasteiger partial charge in [0.25, 0.3) is 0 Å². The van der Waals surface area contributed by atoms with Gasteiger partial charge >= 0.3 is 0 Å². The fourth-order valence-corrected chi connectivity index (χ4v) is 1.86. The number of benzene rings is 1. The van der Waals surface area contributed by atoms with E-state index in [2.05, 4.69) is 4.90 Å². The van der Waals surface area contributed by atoms with E-state index in [1.807, 2.05) is 6.07 Å². The van der Waals surface area contributed by atoms with Gasteiger partial charge in [-0.05, 0) is 31.4 Å². The van der Waals surface area contributed by atoms with Crippen LogP contribution in [0.5, 0.6) is 0 Å². The molecule has 0 amide bonds. The van der Waals surface area contributed by atoms with Crippen molar-refractivity contribution in [2.24, 2.45) is 0 Å². The molecular formula is C11H16N2. The molecule has 0 radical (unpaired) electrons. The first kappa shape index (κ1) is 7.25. The fourth-order valence-electron chi connectivity index (χ4n) is 1.86. The molecule has 2 nitrogen and oxygen atoms in total. The van der Waals surface area contributed by atoms with Crippen molar-refractivity contribution >= 4 is 11.4 Å². The minimum Gasteiger partial charge on any atom is -0.397 e. The summed E-state index contributed by atoms with van der Waals surface area (Å²) in [5, 5.41) is 0. The first-order chi connectivity index (χ1) is 6.77.